The van der Waals surface area contributed by atoms with E-state index in [0.717, 1.165) is 23.4 Å². The van der Waals surface area contributed by atoms with Gasteiger partial charge in [-0.05, 0) is 13.0 Å². The van der Waals surface area contributed by atoms with E-state index in [0.29, 0.717) is 18.1 Å². The monoisotopic (exact) mass is 348 g/mol. The van der Waals surface area contributed by atoms with Gasteiger partial charge in [-0.1, -0.05) is 29.8 Å². The van der Waals surface area contributed by atoms with Crippen LogP contribution in [0.15, 0.2) is 30.5 Å². The molecule has 24 heavy (non-hydrogen) atoms. The van der Waals surface area contributed by atoms with Crippen molar-refractivity contribution in [3.8, 4) is 11.3 Å². The highest BCUT2D eigenvalue weighted by Crippen LogP contribution is 2.30. The molecule has 1 saturated heterocycles. The second-order valence-electron chi connectivity index (χ2n) is 6.19. The zero-order valence-electron chi connectivity index (χ0n) is 13.8. The number of benzene rings is 1. The zero-order valence-corrected chi connectivity index (χ0v) is 14.5. The molecule has 3 rings (SSSR count). The van der Waals surface area contributed by atoms with E-state index >= 15 is 0 Å². The molecule has 0 radical (unpaired) electrons. The molecule has 1 unspecified atom stereocenters. The first-order valence-corrected chi connectivity index (χ1v) is 8.26. The van der Waals surface area contributed by atoms with Gasteiger partial charge in [0.2, 0.25) is 5.91 Å². The SMILES string of the molecule is C[C@@H]1CN(Cc2cn(C)nc2-c2ccccc2Cl)CC(C(N)=O)O1. The molecule has 128 valence electrons. The fourth-order valence-electron chi connectivity index (χ4n) is 3.10. The minimum atomic E-state index is -0.575. The molecule has 1 fully saturated rings. The van der Waals surface area contributed by atoms with E-state index in [9.17, 15) is 4.79 Å². The number of carbonyl (C=O) groups is 1. The van der Waals surface area contributed by atoms with E-state index < -0.39 is 12.0 Å². The summed E-state index contributed by atoms with van der Waals surface area (Å²) >= 11 is 6.33. The van der Waals surface area contributed by atoms with E-state index in [4.69, 9.17) is 22.1 Å². The molecule has 0 saturated carbocycles. The van der Waals surface area contributed by atoms with E-state index in [1.165, 1.54) is 0 Å². The summed E-state index contributed by atoms with van der Waals surface area (Å²) in [6.07, 6.45) is 1.36. The first kappa shape index (κ1) is 17.0. The summed E-state index contributed by atoms with van der Waals surface area (Å²) in [5.41, 5.74) is 8.23. The standard InChI is InChI=1S/C17H21ClN4O2/c1-11-7-22(10-15(24-11)17(19)23)9-12-8-21(2)20-16(12)13-5-3-4-6-14(13)18/h3-6,8,11,15H,7,9-10H2,1-2H3,(H2,19,23)/t11-,15?/m1/s1. The summed E-state index contributed by atoms with van der Waals surface area (Å²) in [5.74, 6) is -0.427. The van der Waals surface area contributed by atoms with E-state index in [1.54, 1.807) is 4.68 Å². The normalized spacial score (nSPS) is 21.8. The maximum Gasteiger partial charge on any atom is 0.247 e. The fraction of sp³-hybridized carbons (Fsp3) is 0.412. The minimum absolute atomic E-state index is 0.0447. The van der Waals surface area contributed by atoms with Crippen LogP contribution in [0.1, 0.15) is 12.5 Å². The lowest BCUT2D eigenvalue weighted by molar-refractivity contribution is -0.142. The molecule has 2 aromatic rings. The summed E-state index contributed by atoms with van der Waals surface area (Å²) in [7, 11) is 1.89. The quantitative estimate of drug-likeness (QED) is 0.914. The Hall–Kier alpha value is -1.89. The maximum atomic E-state index is 11.5. The van der Waals surface area contributed by atoms with Gasteiger partial charge in [-0.2, -0.15) is 5.10 Å². The van der Waals surface area contributed by atoms with Gasteiger partial charge in [0.15, 0.2) is 0 Å². The first-order valence-electron chi connectivity index (χ1n) is 7.88. The van der Waals surface area contributed by atoms with Gasteiger partial charge in [0.1, 0.15) is 6.10 Å². The van der Waals surface area contributed by atoms with Gasteiger partial charge >= 0.3 is 0 Å². The zero-order chi connectivity index (χ0) is 17.3. The number of hydrogen-bond donors (Lipinski definition) is 1. The van der Waals surface area contributed by atoms with Crippen LogP contribution in [0.3, 0.4) is 0 Å². The smallest absolute Gasteiger partial charge is 0.247 e. The van der Waals surface area contributed by atoms with Crippen molar-refractivity contribution in [3.63, 3.8) is 0 Å². The molecule has 1 aromatic carbocycles. The van der Waals surface area contributed by atoms with Gasteiger partial charge in [0, 0.05) is 44.0 Å². The van der Waals surface area contributed by atoms with Crippen LogP contribution in [-0.4, -0.2) is 45.9 Å². The van der Waals surface area contributed by atoms with E-state index in [-0.39, 0.29) is 6.10 Å². The number of nitrogens with two attached hydrogens (primary N) is 1. The van der Waals surface area contributed by atoms with Gasteiger partial charge in [-0.3, -0.25) is 14.4 Å². The number of amides is 1. The van der Waals surface area contributed by atoms with Crippen LogP contribution >= 0.6 is 11.6 Å². The highest BCUT2D eigenvalue weighted by molar-refractivity contribution is 6.33. The number of nitrogens with zero attached hydrogens (tertiary/aromatic N) is 3. The molecular formula is C17H21ClN4O2. The average Bonchev–Trinajstić information content (AvgIpc) is 2.87. The molecule has 0 spiro atoms. The first-order chi connectivity index (χ1) is 11.4. The second kappa shape index (κ2) is 6.93. The Morgan fingerprint density at radius 2 is 2.17 bits per heavy atom. The van der Waals surface area contributed by atoms with Crippen molar-refractivity contribution >= 4 is 17.5 Å². The maximum absolute atomic E-state index is 11.5. The third-order valence-corrected chi connectivity index (χ3v) is 4.41. The van der Waals surface area contributed by atoms with Gasteiger partial charge in [-0.15, -0.1) is 0 Å². The Balaban J connectivity index is 1.86. The number of primary amides is 1. The number of ether oxygens (including phenoxy) is 1. The number of rotatable bonds is 4. The Morgan fingerprint density at radius 1 is 1.42 bits per heavy atom. The highest BCUT2D eigenvalue weighted by atomic mass is 35.5. The topological polar surface area (TPSA) is 73.4 Å². The van der Waals surface area contributed by atoms with Gasteiger partial charge in [-0.25, -0.2) is 0 Å². The van der Waals surface area contributed by atoms with Crippen molar-refractivity contribution in [2.24, 2.45) is 12.8 Å². The van der Waals surface area contributed by atoms with Crippen LogP contribution in [0, 0.1) is 0 Å². The fourth-order valence-corrected chi connectivity index (χ4v) is 3.32. The lowest BCUT2D eigenvalue weighted by Crippen LogP contribution is -2.51. The molecule has 1 aliphatic heterocycles. The molecule has 1 aliphatic rings. The lowest BCUT2D eigenvalue weighted by atomic mass is 10.1. The van der Waals surface area contributed by atoms with Crippen molar-refractivity contribution in [2.75, 3.05) is 13.1 Å². The third kappa shape index (κ3) is 3.61. The molecule has 1 aromatic heterocycles. The number of aryl methyl sites for hydroxylation is 1. The molecule has 0 bridgehead atoms. The van der Waals surface area contributed by atoms with Crippen LogP contribution in [0.4, 0.5) is 0 Å². The van der Waals surface area contributed by atoms with Crippen LogP contribution in [0.5, 0.6) is 0 Å². The van der Waals surface area contributed by atoms with Crippen LogP contribution < -0.4 is 5.73 Å². The van der Waals surface area contributed by atoms with Crippen LogP contribution in [-0.2, 0) is 23.1 Å². The summed E-state index contributed by atoms with van der Waals surface area (Å²) in [6, 6.07) is 7.66. The van der Waals surface area contributed by atoms with Crippen LogP contribution in [0.2, 0.25) is 5.02 Å². The molecule has 7 heteroatoms. The molecule has 2 heterocycles. The number of carbonyl (C=O) groups excluding carboxylic acids is 1. The van der Waals surface area contributed by atoms with Gasteiger partial charge < -0.3 is 10.5 Å². The number of aromatic nitrogens is 2. The Kier molecular flexibility index (Phi) is 4.89. The Bertz CT molecular complexity index is 746. The predicted octanol–water partition coefficient (Wildman–Crippen LogP) is 1.82. The van der Waals surface area contributed by atoms with Gasteiger partial charge in [0.05, 0.1) is 16.8 Å². The molecular weight excluding hydrogens is 328 g/mol. The summed E-state index contributed by atoms with van der Waals surface area (Å²) in [4.78, 5) is 13.6. The summed E-state index contributed by atoms with van der Waals surface area (Å²) < 4.78 is 7.38. The van der Waals surface area contributed by atoms with E-state index in [2.05, 4.69) is 10.00 Å². The average molecular weight is 349 g/mol. The molecule has 6 nitrogen and oxygen atoms in total. The number of halogens is 1. The molecule has 1 amide bonds. The second-order valence-corrected chi connectivity index (χ2v) is 6.60. The van der Waals surface area contributed by atoms with Crippen molar-refractivity contribution in [1.82, 2.24) is 14.7 Å². The molecule has 0 aliphatic carbocycles. The third-order valence-electron chi connectivity index (χ3n) is 4.08. The van der Waals surface area contributed by atoms with Crippen molar-refractivity contribution in [2.45, 2.75) is 25.7 Å². The predicted molar refractivity (Wildman–Crippen MR) is 92.5 cm³/mol. The van der Waals surface area contributed by atoms with E-state index in [1.807, 2.05) is 44.4 Å². The van der Waals surface area contributed by atoms with Crippen molar-refractivity contribution in [3.05, 3.63) is 41.0 Å². The largest absolute Gasteiger partial charge is 0.367 e. The lowest BCUT2D eigenvalue weighted by Gasteiger charge is -2.35. The molecule has 2 N–H and O–H groups in total. The Labute approximate surface area is 146 Å². The summed E-state index contributed by atoms with van der Waals surface area (Å²) in [6.45, 7) is 3.82. The Morgan fingerprint density at radius 3 is 2.88 bits per heavy atom. The number of morpholine rings is 1. The molecule has 2 atom stereocenters. The highest BCUT2D eigenvalue weighted by Gasteiger charge is 2.29. The summed E-state index contributed by atoms with van der Waals surface area (Å²) in [5, 5.41) is 5.23. The van der Waals surface area contributed by atoms with Crippen molar-refractivity contribution < 1.29 is 9.53 Å². The minimum Gasteiger partial charge on any atom is -0.367 e. The van der Waals surface area contributed by atoms with Gasteiger partial charge in [0.25, 0.3) is 0 Å². The van der Waals surface area contributed by atoms with Crippen molar-refractivity contribution in [1.29, 1.82) is 0 Å². The number of hydrogen-bond acceptors (Lipinski definition) is 4. The van der Waals surface area contributed by atoms with Crippen LogP contribution in [0.25, 0.3) is 11.3 Å².